The van der Waals surface area contributed by atoms with Gasteiger partial charge in [-0.15, -0.1) is 0 Å². The van der Waals surface area contributed by atoms with E-state index in [1.807, 2.05) is 13.8 Å². The molecule has 2 unspecified atom stereocenters. The lowest BCUT2D eigenvalue weighted by Crippen LogP contribution is -2.42. The summed E-state index contributed by atoms with van der Waals surface area (Å²) in [5.74, 6) is 1.01. The van der Waals surface area contributed by atoms with Crippen LogP contribution < -0.4 is 4.74 Å². The van der Waals surface area contributed by atoms with Gasteiger partial charge in [-0.05, 0) is 42.4 Å². The summed E-state index contributed by atoms with van der Waals surface area (Å²) >= 11 is 0. The maximum Gasteiger partial charge on any atom is 0.253 e. The van der Waals surface area contributed by atoms with Crippen LogP contribution in [-0.4, -0.2) is 57.3 Å². The lowest BCUT2D eigenvalue weighted by atomic mass is 9.94. The summed E-state index contributed by atoms with van der Waals surface area (Å²) in [6.07, 6.45) is 1.02. The average molecular weight is 397 g/mol. The fourth-order valence-electron chi connectivity index (χ4n) is 3.80. The number of hydrogen-bond acceptors (Lipinski definition) is 4. The Balaban J connectivity index is 2.41. The van der Waals surface area contributed by atoms with Crippen LogP contribution >= 0.6 is 0 Å². The van der Waals surface area contributed by atoms with Gasteiger partial charge in [0.1, 0.15) is 10.6 Å². The Morgan fingerprint density at radius 1 is 1.26 bits per heavy atom. The molecule has 0 aromatic heterocycles. The van der Waals surface area contributed by atoms with Crippen LogP contribution in [0.1, 0.15) is 44.5 Å². The molecule has 0 spiro atoms. The Hall–Kier alpha value is -1.60. The van der Waals surface area contributed by atoms with Gasteiger partial charge in [-0.3, -0.25) is 4.79 Å². The Morgan fingerprint density at radius 3 is 2.37 bits per heavy atom. The van der Waals surface area contributed by atoms with Crippen molar-refractivity contribution in [2.75, 3.05) is 33.8 Å². The van der Waals surface area contributed by atoms with Gasteiger partial charge in [0.25, 0.3) is 5.91 Å². The van der Waals surface area contributed by atoms with Crippen LogP contribution in [0.25, 0.3) is 0 Å². The number of methoxy groups -OCH3 is 1. The van der Waals surface area contributed by atoms with Gasteiger partial charge in [0, 0.05) is 32.2 Å². The Labute approximate surface area is 163 Å². The van der Waals surface area contributed by atoms with Crippen molar-refractivity contribution < 1.29 is 17.9 Å². The number of ether oxygens (including phenoxy) is 1. The lowest BCUT2D eigenvalue weighted by molar-refractivity contribution is 0.0779. The van der Waals surface area contributed by atoms with Gasteiger partial charge in [0.2, 0.25) is 10.0 Å². The maximum absolute atomic E-state index is 13.3. The first kappa shape index (κ1) is 21.7. The Kier molecular flexibility index (Phi) is 6.92. The molecule has 1 aliphatic heterocycles. The second-order valence-electron chi connectivity index (χ2n) is 8.21. The first-order chi connectivity index (χ1) is 12.6. The number of rotatable bonds is 6. The maximum atomic E-state index is 13.3. The zero-order valence-electron chi connectivity index (χ0n) is 17.2. The molecule has 7 heteroatoms. The van der Waals surface area contributed by atoms with E-state index >= 15 is 0 Å². The lowest BCUT2D eigenvalue weighted by Gasteiger charge is -2.34. The first-order valence-electron chi connectivity index (χ1n) is 9.49. The minimum atomic E-state index is -3.74. The van der Waals surface area contributed by atoms with E-state index in [0.717, 1.165) is 6.42 Å². The molecule has 2 atom stereocenters. The van der Waals surface area contributed by atoms with Crippen molar-refractivity contribution in [2.24, 2.45) is 17.8 Å². The highest BCUT2D eigenvalue weighted by Gasteiger charge is 2.34. The average Bonchev–Trinajstić information content (AvgIpc) is 2.59. The van der Waals surface area contributed by atoms with E-state index in [0.29, 0.717) is 43.0 Å². The van der Waals surface area contributed by atoms with E-state index in [1.54, 1.807) is 24.1 Å². The second kappa shape index (κ2) is 8.61. The molecule has 0 N–H and O–H groups in total. The van der Waals surface area contributed by atoms with E-state index < -0.39 is 10.0 Å². The molecule has 2 rings (SSSR count). The van der Waals surface area contributed by atoms with Gasteiger partial charge in [-0.1, -0.05) is 27.7 Å². The van der Waals surface area contributed by atoms with Crippen molar-refractivity contribution >= 4 is 15.9 Å². The van der Waals surface area contributed by atoms with Crippen LogP contribution in [0, 0.1) is 17.8 Å². The van der Waals surface area contributed by atoms with Gasteiger partial charge >= 0.3 is 0 Å². The molecule has 0 bridgehead atoms. The van der Waals surface area contributed by atoms with Gasteiger partial charge < -0.3 is 9.64 Å². The van der Waals surface area contributed by atoms with Crippen molar-refractivity contribution in [2.45, 2.75) is 39.0 Å². The van der Waals surface area contributed by atoms with Crippen LogP contribution in [0.15, 0.2) is 23.1 Å². The normalized spacial score (nSPS) is 21.3. The number of benzene rings is 1. The summed E-state index contributed by atoms with van der Waals surface area (Å²) in [6, 6.07) is 4.65. The molecule has 1 amide bonds. The van der Waals surface area contributed by atoms with E-state index in [9.17, 15) is 13.2 Å². The molecule has 1 saturated heterocycles. The number of nitrogens with zero attached hydrogens (tertiary/aromatic N) is 2. The second-order valence-corrected chi connectivity index (χ2v) is 10.1. The molecule has 0 radical (unpaired) electrons. The Bertz CT molecular complexity index is 766. The number of amides is 1. The number of piperidine rings is 1. The predicted octanol–water partition coefficient (Wildman–Crippen LogP) is 3.09. The molecule has 27 heavy (non-hydrogen) atoms. The fraction of sp³-hybridized carbons (Fsp3) is 0.650. The minimum absolute atomic E-state index is 0.0649. The third-order valence-electron chi connectivity index (χ3n) is 4.85. The van der Waals surface area contributed by atoms with Gasteiger partial charge in [-0.2, -0.15) is 4.31 Å². The van der Waals surface area contributed by atoms with Crippen LogP contribution in [0.4, 0.5) is 0 Å². The van der Waals surface area contributed by atoms with Crippen molar-refractivity contribution in [3.05, 3.63) is 23.8 Å². The topological polar surface area (TPSA) is 66.9 Å². The van der Waals surface area contributed by atoms with Crippen LogP contribution in [0.5, 0.6) is 5.75 Å². The van der Waals surface area contributed by atoms with E-state index in [-0.39, 0.29) is 16.6 Å². The third-order valence-corrected chi connectivity index (χ3v) is 6.70. The largest absolute Gasteiger partial charge is 0.495 e. The number of hydrogen-bond donors (Lipinski definition) is 0. The summed E-state index contributed by atoms with van der Waals surface area (Å²) in [4.78, 5) is 14.4. The highest BCUT2D eigenvalue weighted by Crippen LogP contribution is 2.32. The summed E-state index contributed by atoms with van der Waals surface area (Å²) < 4.78 is 33.4. The number of sulfonamides is 1. The molecule has 0 saturated carbocycles. The van der Waals surface area contributed by atoms with Crippen LogP contribution in [0.3, 0.4) is 0 Å². The minimum Gasteiger partial charge on any atom is -0.495 e. The highest BCUT2D eigenvalue weighted by atomic mass is 32.2. The molecule has 0 aliphatic carbocycles. The van der Waals surface area contributed by atoms with Gasteiger partial charge in [-0.25, -0.2) is 8.42 Å². The highest BCUT2D eigenvalue weighted by molar-refractivity contribution is 7.89. The summed E-state index contributed by atoms with van der Waals surface area (Å²) in [7, 11) is -0.560. The monoisotopic (exact) mass is 396 g/mol. The Morgan fingerprint density at radius 2 is 1.85 bits per heavy atom. The van der Waals surface area contributed by atoms with Crippen molar-refractivity contribution in [3.8, 4) is 5.75 Å². The molecule has 1 fully saturated rings. The van der Waals surface area contributed by atoms with Gasteiger partial charge in [0.15, 0.2) is 0 Å². The number of carbonyl (C=O) groups excluding carboxylic acids is 1. The standard InChI is InChI=1S/C20H32N2O4S/c1-14(2)11-21(5)20(23)17-7-8-18(26-6)19(10-17)27(24,25)22-12-15(3)9-16(4)13-22/h7-8,10,14-16H,9,11-13H2,1-6H3. The molecule has 1 heterocycles. The molecule has 1 aliphatic rings. The zero-order chi connectivity index (χ0) is 20.4. The smallest absolute Gasteiger partial charge is 0.253 e. The summed E-state index contributed by atoms with van der Waals surface area (Å²) in [6.45, 7) is 9.78. The number of carbonyl (C=O) groups is 1. The van der Waals surface area contributed by atoms with Crippen molar-refractivity contribution in [1.82, 2.24) is 9.21 Å². The van der Waals surface area contributed by atoms with Gasteiger partial charge in [0.05, 0.1) is 7.11 Å². The van der Waals surface area contributed by atoms with Crippen LogP contribution in [0.2, 0.25) is 0 Å². The molecule has 1 aromatic rings. The van der Waals surface area contributed by atoms with E-state index in [2.05, 4.69) is 13.8 Å². The quantitative estimate of drug-likeness (QED) is 0.741. The van der Waals surface area contributed by atoms with Crippen LogP contribution in [-0.2, 0) is 10.0 Å². The van der Waals surface area contributed by atoms with E-state index in [4.69, 9.17) is 4.74 Å². The summed E-state index contributed by atoms with van der Waals surface area (Å²) in [5, 5.41) is 0. The van der Waals surface area contributed by atoms with E-state index in [1.165, 1.54) is 17.5 Å². The zero-order valence-corrected chi connectivity index (χ0v) is 18.0. The van der Waals surface area contributed by atoms with Crippen molar-refractivity contribution in [1.29, 1.82) is 0 Å². The molecule has 1 aromatic carbocycles. The fourth-order valence-corrected chi connectivity index (χ4v) is 5.66. The first-order valence-corrected chi connectivity index (χ1v) is 10.9. The molecule has 152 valence electrons. The van der Waals surface area contributed by atoms with Crippen molar-refractivity contribution in [3.63, 3.8) is 0 Å². The summed E-state index contributed by atoms with van der Waals surface area (Å²) in [5.41, 5.74) is 0.357. The SMILES string of the molecule is COc1ccc(C(=O)N(C)CC(C)C)cc1S(=O)(=O)N1CC(C)CC(C)C1. The third kappa shape index (κ3) is 5.02. The molecule has 6 nitrogen and oxygen atoms in total. The molecular weight excluding hydrogens is 364 g/mol. The molecular formula is C20H32N2O4S. The predicted molar refractivity (Wildman–Crippen MR) is 106 cm³/mol.